The first-order valence-electron chi connectivity index (χ1n) is 5.62. The van der Waals surface area contributed by atoms with E-state index in [0.717, 1.165) is 0 Å². The lowest BCUT2D eigenvalue weighted by molar-refractivity contribution is -0.129. The second kappa shape index (κ2) is 7.70. The first-order chi connectivity index (χ1) is 7.82. The predicted octanol–water partition coefficient (Wildman–Crippen LogP) is 0.786. The minimum Gasteiger partial charge on any atom is -0.370 e. The quantitative estimate of drug-likeness (QED) is 0.645. The van der Waals surface area contributed by atoms with Gasteiger partial charge in [-0.15, -0.1) is 0 Å². The number of nitrogens with two attached hydrogens (primary N) is 1. The number of carbonyl (C=O) groups is 4. The summed E-state index contributed by atoms with van der Waals surface area (Å²) in [5.74, 6) is -1.28. The van der Waals surface area contributed by atoms with E-state index in [0.29, 0.717) is 0 Å². The number of amides is 1. The Labute approximate surface area is 101 Å². The van der Waals surface area contributed by atoms with Crippen molar-refractivity contribution in [2.24, 2.45) is 11.7 Å². The fourth-order valence-corrected chi connectivity index (χ4v) is 1.54. The Balaban J connectivity index is 4.33. The summed E-state index contributed by atoms with van der Waals surface area (Å²) in [6, 6.07) is 0. The van der Waals surface area contributed by atoms with Crippen LogP contribution < -0.4 is 5.73 Å². The Morgan fingerprint density at radius 2 is 1.53 bits per heavy atom. The number of Topliss-reactive ketones (excluding diaryl/α,β-unsaturated/α-hetero) is 3. The number of primary amides is 1. The highest BCUT2D eigenvalue weighted by molar-refractivity contribution is 5.90. The number of hydrogen-bond acceptors (Lipinski definition) is 4. The van der Waals surface area contributed by atoms with Crippen molar-refractivity contribution in [3.63, 3.8) is 0 Å². The second-order valence-corrected chi connectivity index (χ2v) is 4.28. The van der Waals surface area contributed by atoms with E-state index in [9.17, 15) is 19.2 Å². The van der Waals surface area contributed by atoms with Gasteiger partial charge in [-0.3, -0.25) is 9.59 Å². The van der Waals surface area contributed by atoms with E-state index in [1.54, 1.807) is 0 Å². The van der Waals surface area contributed by atoms with Gasteiger partial charge in [0.15, 0.2) is 0 Å². The lowest BCUT2D eigenvalue weighted by atomic mass is 9.90. The molecule has 0 aromatic carbocycles. The van der Waals surface area contributed by atoms with E-state index in [2.05, 4.69) is 0 Å². The van der Waals surface area contributed by atoms with Gasteiger partial charge in [0.25, 0.3) is 0 Å². The molecule has 0 saturated carbocycles. The summed E-state index contributed by atoms with van der Waals surface area (Å²) in [6.45, 7) is 2.81. The van der Waals surface area contributed by atoms with Crippen molar-refractivity contribution in [3.8, 4) is 0 Å². The molecule has 0 spiro atoms. The van der Waals surface area contributed by atoms with E-state index in [-0.39, 0.29) is 49.5 Å². The molecule has 0 aromatic rings. The summed E-state index contributed by atoms with van der Waals surface area (Å²) in [5.41, 5.74) is 5.00. The zero-order chi connectivity index (χ0) is 13.4. The minimum atomic E-state index is -0.488. The number of hydrogen-bond donors (Lipinski definition) is 1. The molecule has 96 valence electrons. The second-order valence-electron chi connectivity index (χ2n) is 4.28. The molecule has 0 bridgehead atoms. The van der Waals surface area contributed by atoms with Gasteiger partial charge in [-0.1, -0.05) is 0 Å². The zero-order valence-corrected chi connectivity index (χ0v) is 10.3. The molecule has 0 rings (SSSR count). The van der Waals surface area contributed by atoms with E-state index in [4.69, 9.17) is 5.73 Å². The standard InChI is InChI=1S/C12H19NO4/c1-8(14)3-5-11(16)10(7-9(2)15)4-6-12(13)17/h10H,3-7H2,1-2H3,(H2,13,17). The summed E-state index contributed by atoms with van der Waals surface area (Å²) >= 11 is 0. The van der Waals surface area contributed by atoms with Crippen molar-refractivity contribution >= 4 is 23.3 Å². The third kappa shape index (κ3) is 8.30. The van der Waals surface area contributed by atoms with Gasteiger partial charge in [0, 0.05) is 31.6 Å². The topological polar surface area (TPSA) is 94.3 Å². The van der Waals surface area contributed by atoms with Crippen molar-refractivity contribution in [3.05, 3.63) is 0 Å². The summed E-state index contributed by atoms with van der Waals surface area (Å²) in [6.07, 6.45) is 0.801. The van der Waals surface area contributed by atoms with Gasteiger partial charge >= 0.3 is 0 Å². The molecule has 0 aliphatic carbocycles. The molecule has 1 atom stereocenters. The molecule has 5 heteroatoms. The maximum absolute atomic E-state index is 11.7. The SMILES string of the molecule is CC(=O)CCC(=O)C(CCC(N)=O)CC(C)=O. The third-order valence-electron chi connectivity index (χ3n) is 2.45. The first kappa shape index (κ1) is 15.5. The molecule has 17 heavy (non-hydrogen) atoms. The van der Waals surface area contributed by atoms with Crippen LogP contribution in [0.4, 0.5) is 0 Å². The number of carbonyl (C=O) groups excluding carboxylic acids is 4. The van der Waals surface area contributed by atoms with Crippen LogP contribution in [0.5, 0.6) is 0 Å². The Morgan fingerprint density at radius 3 is 1.94 bits per heavy atom. The van der Waals surface area contributed by atoms with E-state index in [1.165, 1.54) is 13.8 Å². The van der Waals surface area contributed by atoms with Crippen molar-refractivity contribution in [1.82, 2.24) is 0 Å². The van der Waals surface area contributed by atoms with Crippen LogP contribution in [0.15, 0.2) is 0 Å². The maximum Gasteiger partial charge on any atom is 0.217 e. The molecule has 0 aromatic heterocycles. The Morgan fingerprint density at radius 1 is 0.941 bits per heavy atom. The molecule has 0 fully saturated rings. The van der Waals surface area contributed by atoms with Crippen LogP contribution in [0.1, 0.15) is 46.0 Å². The fourth-order valence-electron chi connectivity index (χ4n) is 1.54. The van der Waals surface area contributed by atoms with Crippen LogP contribution >= 0.6 is 0 Å². The normalized spacial score (nSPS) is 11.9. The monoisotopic (exact) mass is 241 g/mol. The number of rotatable bonds is 9. The summed E-state index contributed by atoms with van der Waals surface area (Å²) < 4.78 is 0. The molecule has 1 unspecified atom stereocenters. The summed E-state index contributed by atoms with van der Waals surface area (Å²) in [7, 11) is 0. The lowest BCUT2D eigenvalue weighted by Gasteiger charge is -2.12. The molecule has 5 nitrogen and oxygen atoms in total. The average Bonchev–Trinajstić information content (AvgIpc) is 2.19. The van der Waals surface area contributed by atoms with Crippen LogP contribution in [0.3, 0.4) is 0 Å². The minimum absolute atomic E-state index is 0.0603. The number of ketones is 3. The molecule has 0 radical (unpaired) electrons. The molecule has 0 heterocycles. The van der Waals surface area contributed by atoms with Gasteiger partial charge in [0.05, 0.1) is 0 Å². The lowest BCUT2D eigenvalue weighted by Crippen LogP contribution is -2.21. The Hall–Kier alpha value is -1.52. The molecule has 0 saturated heterocycles. The molecule has 1 amide bonds. The van der Waals surface area contributed by atoms with Gasteiger partial charge in [0.2, 0.25) is 5.91 Å². The average molecular weight is 241 g/mol. The smallest absolute Gasteiger partial charge is 0.217 e. The highest BCUT2D eigenvalue weighted by Crippen LogP contribution is 2.16. The highest BCUT2D eigenvalue weighted by atomic mass is 16.1. The Bertz CT molecular complexity index is 322. The molecular formula is C12H19NO4. The maximum atomic E-state index is 11.7. The van der Waals surface area contributed by atoms with Crippen LogP contribution in [0.25, 0.3) is 0 Å². The van der Waals surface area contributed by atoms with Gasteiger partial charge < -0.3 is 15.3 Å². The van der Waals surface area contributed by atoms with E-state index in [1.807, 2.05) is 0 Å². The van der Waals surface area contributed by atoms with E-state index >= 15 is 0 Å². The van der Waals surface area contributed by atoms with Gasteiger partial charge in [0.1, 0.15) is 17.3 Å². The largest absolute Gasteiger partial charge is 0.370 e. The molecular weight excluding hydrogens is 222 g/mol. The highest BCUT2D eigenvalue weighted by Gasteiger charge is 2.20. The predicted molar refractivity (Wildman–Crippen MR) is 62.1 cm³/mol. The van der Waals surface area contributed by atoms with Crippen LogP contribution in [0.2, 0.25) is 0 Å². The fraction of sp³-hybridized carbons (Fsp3) is 0.667. The van der Waals surface area contributed by atoms with Gasteiger partial charge in [-0.2, -0.15) is 0 Å². The zero-order valence-electron chi connectivity index (χ0n) is 10.3. The molecule has 0 aliphatic heterocycles. The third-order valence-corrected chi connectivity index (χ3v) is 2.45. The van der Waals surface area contributed by atoms with Crippen molar-refractivity contribution in [2.75, 3.05) is 0 Å². The summed E-state index contributed by atoms with van der Waals surface area (Å²) in [4.78, 5) is 44.2. The van der Waals surface area contributed by atoms with Crippen molar-refractivity contribution in [1.29, 1.82) is 0 Å². The molecule has 0 aliphatic rings. The Kier molecular flexibility index (Phi) is 7.02. The first-order valence-corrected chi connectivity index (χ1v) is 5.62. The summed E-state index contributed by atoms with van der Waals surface area (Å²) in [5, 5.41) is 0. The van der Waals surface area contributed by atoms with Gasteiger partial charge in [-0.05, 0) is 20.3 Å². The molecule has 2 N–H and O–H groups in total. The van der Waals surface area contributed by atoms with Crippen LogP contribution in [0, 0.1) is 5.92 Å². The van der Waals surface area contributed by atoms with Gasteiger partial charge in [-0.25, -0.2) is 0 Å². The van der Waals surface area contributed by atoms with Crippen molar-refractivity contribution < 1.29 is 19.2 Å². The van der Waals surface area contributed by atoms with Crippen LogP contribution in [-0.4, -0.2) is 23.3 Å². The van der Waals surface area contributed by atoms with Crippen LogP contribution in [-0.2, 0) is 19.2 Å². The van der Waals surface area contributed by atoms with E-state index < -0.39 is 11.8 Å². The van der Waals surface area contributed by atoms with Crippen molar-refractivity contribution in [2.45, 2.75) is 46.0 Å².